The maximum absolute atomic E-state index is 6.05. The molecule has 0 fully saturated rings. The number of nitrogen functional groups attached to an aromatic ring is 1. The van der Waals surface area contributed by atoms with Gasteiger partial charge in [0, 0.05) is 6.07 Å². The smallest absolute Gasteiger partial charge is 0.215 e. The zero-order valence-corrected chi connectivity index (χ0v) is 11.7. The molecule has 0 spiro atoms. The van der Waals surface area contributed by atoms with E-state index in [0.29, 0.717) is 17.5 Å². The van der Waals surface area contributed by atoms with Crippen LogP contribution in [0.4, 0.5) is 5.95 Å². The van der Waals surface area contributed by atoms with Gasteiger partial charge in [0.2, 0.25) is 11.8 Å². The molecule has 5 nitrogen and oxygen atoms in total. The summed E-state index contributed by atoms with van der Waals surface area (Å²) in [5.41, 5.74) is 10.8. The lowest BCUT2D eigenvalue weighted by Gasteiger charge is -2.09. The number of hydrogen-bond acceptors (Lipinski definition) is 4. The standard InChI is InChI=1S/C15H16N4O/c1-9-6-10(2)8-11(7-9)19-14-12(17-15(19)16)4-5-13(18-14)20-3/h4-8H,1-3H3,(H2,16,17). The fraction of sp³-hybridized carbons (Fsp3) is 0.200. The van der Waals surface area contributed by atoms with Crippen molar-refractivity contribution in [2.24, 2.45) is 0 Å². The van der Waals surface area contributed by atoms with Crippen molar-refractivity contribution in [3.63, 3.8) is 0 Å². The summed E-state index contributed by atoms with van der Waals surface area (Å²) < 4.78 is 7.02. The molecule has 2 aromatic heterocycles. The fourth-order valence-electron chi connectivity index (χ4n) is 2.41. The normalized spacial score (nSPS) is 10.9. The number of nitrogens with two attached hydrogens (primary N) is 1. The highest BCUT2D eigenvalue weighted by atomic mass is 16.5. The summed E-state index contributed by atoms with van der Waals surface area (Å²) >= 11 is 0. The Bertz CT molecular complexity index is 772. The highest BCUT2D eigenvalue weighted by Gasteiger charge is 2.12. The monoisotopic (exact) mass is 268 g/mol. The Labute approximate surface area is 117 Å². The SMILES string of the molecule is COc1ccc2nc(N)n(-c3cc(C)cc(C)c3)c2n1. The Morgan fingerprint density at radius 1 is 1.05 bits per heavy atom. The van der Waals surface area contributed by atoms with Gasteiger partial charge in [-0.1, -0.05) is 6.07 Å². The zero-order chi connectivity index (χ0) is 14.3. The molecule has 0 saturated carbocycles. The van der Waals surface area contributed by atoms with Crippen molar-refractivity contribution < 1.29 is 4.74 Å². The number of aryl methyl sites for hydroxylation is 2. The van der Waals surface area contributed by atoms with Gasteiger partial charge in [0.25, 0.3) is 0 Å². The van der Waals surface area contributed by atoms with Gasteiger partial charge in [-0.3, -0.25) is 4.57 Å². The van der Waals surface area contributed by atoms with Gasteiger partial charge in [-0.2, -0.15) is 4.98 Å². The Morgan fingerprint density at radius 3 is 2.40 bits per heavy atom. The second-order valence-corrected chi connectivity index (χ2v) is 4.85. The number of aromatic nitrogens is 3. The van der Waals surface area contributed by atoms with Gasteiger partial charge in [0.15, 0.2) is 5.65 Å². The van der Waals surface area contributed by atoms with Gasteiger partial charge >= 0.3 is 0 Å². The van der Waals surface area contributed by atoms with E-state index >= 15 is 0 Å². The van der Waals surface area contributed by atoms with Crippen LogP contribution in [0.3, 0.4) is 0 Å². The van der Waals surface area contributed by atoms with Crippen LogP contribution in [0.5, 0.6) is 5.88 Å². The lowest BCUT2D eigenvalue weighted by Crippen LogP contribution is -2.02. The first-order valence-corrected chi connectivity index (χ1v) is 6.36. The van der Waals surface area contributed by atoms with E-state index in [1.807, 2.05) is 10.6 Å². The molecule has 0 radical (unpaired) electrons. The van der Waals surface area contributed by atoms with Crippen LogP contribution in [-0.2, 0) is 0 Å². The van der Waals surface area contributed by atoms with Crippen molar-refractivity contribution in [2.45, 2.75) is 13.8 Å². The Kier molecular flexibility index (Phi) is 2.82. The lowest BCUT2D eigenvalue weighted by molar-refractivity contribution is 0.399. The van der Waals surface area contributed by atoms with Crippen molar-refractivity contribution in [1.29, 1.82) is 0 Å². The topological polar surface area (TPSA) is 66.0 Å². The third kappa shape index (κ3) is 1.97. The molecule has 0 aliphatic carbocycles. The van der Waals surface area contributed by atoms with Crippen molar-refractivity contribution in [3.8, 4) is 11.6 Å². The molecule has 0 amide bonds. The average Bonchev–Trinajstić information content (AvgIpc) is 2.72. The summed E-state index contributed by atoms with van der Waals surface area (Å²) in [6.45, 7) is 4.11. The van der Waals surface area contributed by atoms with Crippen LogP contribution in [0.2, 0.25) is 0 Å². The van der Waals surface area contributed by atoms with Crippen molar-refractivity contribution in [2.75, 3.05) is 12.8 Å². The number of methoxy groups -OCH3 is 1. The summed E-state index contributed by atoms with van der Waals surface area (Å²) in [5.74, 6) is 0.966. The van der Waals surface area contributed by atoms with Gasteiger partial charge in [-0.25, -0.2) is 4.98 Å². The maximum Gasteiger partial charge on any atom is 0.215 e. The summed E-state index contributed by atoms with van der Waals surface area (Å²) in [6.07, 6.45) is 0. The molecular formula is C15H16N4O. The number of anilines is 1. The van der Waals surface area contributed by atoms with Crippen LogP contribution in [0, 0.1) is 13.8 Å². The minimum absolute atomic E-state index is 0.422. The molecule has 3 rings (SSSR count). The second-order valence-electron chi connectivity index (χ2n) is 4.85. The average molecular weight is 268 g/mol. The third-order valence-electron chi connectivity index (χ3n) is 3.18. The van der Waals surface area contributed by atoms with E-state index in [1.54, 1.807) is 13.2 Å². The number of fused-ring (bicyclic) bond motifs is 1. The molecule has 102 valence electrons. The Morgan fingerprint density at radius 2 is 1.75 bits per heavy atom. The number of rotatable bonds is 2. The first-order valence-electron chi connectivity index (χ1n) is 6.36. The molecule has 0 aliphatic heterocycles. The molecule has 0 atom stereocenters. The second kappa shape index (κ2) is 4.52. The number of nitrogens with zero attached hydrogens (tertiary/aromatic N) is 3. The van der Waals surface area contributed by atoms with Crippen LogP contribution < -0.4 is 10.5 Å². The van der Waals surface area contributed by atoms with Crippen molar-refractivity contribution >= 4 is 17.1 Å². The molecule has 2 N–H and O–H groups in total. The number of imidazole rings is 1. The quantitative estimate of drug-likeness (QED) is 0.776. The summed E-state index contributed by atoms with van der Waals surface area (Å²) in [6, 6.07) is 9.88. The van der Waals surface area contributed by atoms with Gasteiger partial charge in [0.1, 0.15) is 5.52 Å². The molecular weight excluding hydrogens is 252 g/mol. The summed E-state index contributed by atoms with van der Waals surface area (Å²) in [4.78, 5) is 8.80. The van der Waals surface area contributed by atoms with Crippen LogP contribution >= 0.6 is 0 Å². The highest BCUT2D eigenvalue weighted by molar-refractivity contribution is 5.77. The van der Waals surface area contributed by atoms with E-state index in [2.05, 4.69) is 42.0 Å². The van der Waals surface area contributed by atoms with Gasteiger partial charge < -0.3 is 10.5 Å². The van der Waals surface area contributed by atoms with E-state index in [9.17, 15) is 0 Å². The summed E-state index contributed by atoms with van der Waals surface area (Å²) in [7, 11) is 1.59. The van der Waals surface area contributed by atoms with E-state index < -0.39 is 0 Å². The predicted octanol–water partition coefficient (Wildman–Crippen LogP) is 2.63. The van der Waals surface area contributed by atoms with Crippen LogP contribution in [0.25, 0.3) is 16.9 Å². The molecule has 0 bridgehead atoms. The number of hydrogen-bond donors (Lipinski definition) is 1. The van der Waals surface area contributed by atoms with Crippen LogP contribution in [0.15, 0.2) is 30.3 Å². The first kappa shape index (κ1) is 12.5. The number of ether oxygens (including phenoxy) is 1. The van der Waals surface area contributed by atoms with E-state index in [1.165, 1.54) is 11.1 Å². The molecule has 5 heteroatoms. The molecule has 2 heterocycles. The van der Waals surface area contributed by atoms with E-state index in [-0.39, 0.29) is 0 Å². The van der Waals surface area contributed by atoms with Gasteiger partial charge in [-0.05, 0) is 43.2 Å². The molecule has 0 saturated heterocycles. The molecule has 0 unspecified atom stereocenters. The molecule has 3 aromatic rings. The molecule has 1 aromatic carbocycles. The zero-order valence-electron chi connectivity index (χ0n) is 11.7. The van der Waals surface area contributed by atoms with Crippen molar-refractivity contribution in [1.82, 2.24) is 14.5 Å². The largest absolute Gasteiger partial charge is 0.481 e. The van der Waals surface area contributed by atoms with Gasteiger partial charge in [-0.15, -0.1) is 0 Å². The third-order valence-corrected chi connectivity index (χ3v) is 3.18. The summed E-state index contributed by atoms with van der Waals surface area (Å²) in [5, 5.41) is 0. The van der Waals surface area contributed by atoms with Gasteiger partial charge in [0.05, 0.1) is 12.8 Å². The lowest BCUT2D eigenvalue weighted by atomic mass is 10.1. The number of pyridine rings is 1. The maximum atomic E-state index is 6.05. The van der Waals surface area contributed by atoms with E-state index in [4.69, 9.17) is 10.5 Å². The van der Waals surface area contributed by atoms with Crippen LogP contribution in [-0.4, -0.2) is 21.6 Å². The highest BCUT2D eigenvalue weighted by Crippen LogP contribution is 2.24. The molecule has 0 aliphatic rings. The Balaban J connectivity index is 2.31. The van der Waals surface area contributed by atoms with E-state index in [0.717, 1.165) is 11.2 Å². The van der Waals surface area contributed by atoms with Crippen molar-refractivity contribution in [3.05, 3.63) is 41.5 Å². The minimum Gasteiger partial charge on any atom is -0.481 e. The Hall–Kier alpha value is -2.56. The minimum atomic E-state index is 0.422. The predicted molar refractivity (Wildman–Crippen MR) is 79.3 cm³/mol. The fourth-order valence-corrected chi connectivity index (χ4v) is 2.41. The van der Waals surface area contributed by atoms with Crippen LogP contribution in [0.1, 0.15) is 11.1 Å². The molecule has 20 heavy (non-hydrogen) atoms. The first-order chi connectivity index (χ1) is 9.58. The number of benzene rings is 1.